The first kappa shape index (κ1) is 15.2. The Morgan fingerprint density at radius 1 is 1.29 bits per heavy atom. The van der Waals surface area contributed by atoms with E-state index >= 15 is 0 Å². The second kappa shape index (κ2) is 5.68. The van der Waals surface area contributed by atoms with E-state index in [9.17, 15) is 14.0 Å². The molecule has 0 aliphatic rings. The quantitative estimate of drug-likeness (QED) is 0.628. The van der Waals surface area contributed by atoms with Crippen LogP contribution < -0.4 is 0 Å². The van der Waals surface area contributed by atoms with Gasteiger partial charge in [-0.3, -0.25) is 9.59 Å². The van der Waals surface area contributed by atoms with E-state index in [4.69, 9.17) is 4.74 Å². The molecule has 2 rings (SSSR count). The van der Waals surface area contributed by atoms with Crippen LogP contribution in [-0.4, -0.2) is 22.9 Å². The molecule has 0 N–H and O–H groups in total. The number of rotatable bonds is 5. The van der Waals surface area contributed by atoms with Gasteiger partial charge in [0.15, 0.2) is 5.78 Å². The number of carbonyl (C=O) groups excluding carboxylic acids is 2. The van der Waals surface area contributed by atoms with Crippen LogP contribution in [0.15, 0.2) is 30.5 Å². The van der Waals surface area contributed by atoms with Gasteiger partial charge in [0, 0.05) is 6.20 Å². The summed E-state index contributed by atoms with van der Waals surface area (Å²) in [6.45, 7) is 5.01. The standard InChI is InChI=1S/C16H18FNO3/c1-4-21-15(20)16(2,3)14(19)10-18-8-7-11-5-6-12(17)9-13(11)18/h5-9H,4,10H2,1-3H3. The largest absolute Gasteiger partial charge is 0.465 e. The Labute approximate surface area is 122 Å². The highest BCUT2D eigenvalue weighted by Gasteiger charge is 2.37. The van der Waals surface area contributed by atoms with E-state index in [2.05, 4.69) is 0 Å². The fraction of sp³-hybridized carbons (Fsp3) is 0.375. The van der Waals surface area contributed by atoms with Crippen LogP contribution in [-0.2, 0) is 20.9 Å². The Balaban J connectivity index is 2.25. The second-order valence-corrected chi connectivity index (χ2v) is 5.42. The van der Waals surface area contributed by atoms with E-state index in [1.807, 2.05) is 0 Å². The number of Topliss-reactive ketones (excluding diaryl/α,β-unsaturated/α-hetero) is 1. The lowest BCUT2D eigenvalue weighted by atomic mass is 9.88. The third-order valence-electron chi connectivity index (χ3n) is 3.53. The average molecular weight is 291 g/mol. The van der Waals surface area contributed by atoms with E-state index in [-0.39, 0.29) is 24.8 Å². The molecule has 0 radical (unpaired) electrons. The molecule has 0 aliphatic heterocycles. The van der Waals surface area contributed by atoms with Crippen LogP contribution in [0.3, 0.4) is 0 Å². The molecule has 1 aromatic heterocycles. The summed E-state index contributed by atoms with van der Waals surface area (Å²) in [5.41, 5.74) is -0.595. The summed E-state index contributed by atoms with van der Waals surface area (Å²) in [6.07, 6.45) is 1.71. The van der Waals surface area contributed by atoms with Gasteiger partial charge in [0.05, 0.1) is 18.7 Å². The summed E-state index contributed by atoms with van der Waals surface area (Å²) in [4.78, 5) is 24.2. The van der Waals surface area contributed by atoms with Crippen molar-refractivity contribution in [3.8, 4) is 0 Å². The maximum atomic E-state index is 13.3. The minimum Gasteiger partial charge on any atom is -0.465 e. The number of nitrogens with zero attached hydrogens (tertiary/aromatic N) is 1. The molecule has 2 aromatic rings. The molecule has 0 atom stereocenters. The van der Waals surface area contributed by atoms with E-state index in [0.717, 1.165) is 5.39 Å². The Hall–Kier alpha value is -2.17. The summed E-state index contributed by atoms with van der Waals surface area (Å²) in [5.74, 6) is -1.18. The van der Waals surface area contributed by atoms with Gasteiger partial charge >= 0.3 is 5.97 Å². The van der Waals surface area contributed by atoms with Crippen molar-refractivity contribution in [3.05, 3.63) is 36.3 Å². The molecule has 0 amide bonds. The Morgan fingerprint density at radius 2 is 2.00 bits per heavy atom. The van der Waals surface area contributed by atoms with Gasteiger partial charge < -0.3 is 9.30 Å². The topological polar surface area (TPSA) is 48.3 Å². The molecule has 1 aromatic carbocycles. The van der Waals surface area contributed by atoms with Crippen molar-refractivity contribution in [2.75, 3.05) is 6.61 Å². The average Bonchev–Trinajstić information content (AvgIpc) is 2.81. The summed E-state index contributed by atoms with van der Waals surface area (Å²) >= 11 is 0. The van der Waals surface area contributed by atoms with E-state index in [1.54, 1.807) is 43.7 Å². The molecule has 0 fully saturated rings. The van der Waals surface area contributed by atoms with Gasteiger partial charge in [0.25, 0.3) is 0 Å². The van der Waals surface area contributed by atoms with E-state index < -0.39 is 11.4 Å². The smallest absolute Gasteiger partial charge is 0.319 e. The molecular weight excluding hydrogens is 273 g/mol. The lowest BCUT2D eigenvalue weighted by molar-refractivity contribution is -0.158. The number of ketones is 1. The molecule has 0 unspecified atom stereocenters. The Bertz CT molecular complexity index is 688. The van der Waals surface area contributed by atoms with Crippen molar-refractivity contribution in [1.29, 1.82) is 0 Å². The monoisotopic (exact) mass is 291 g/mol. The summed E-state index contributed by atoms with van der Waals surface area (Å²) < 4.78 is 19.9. The molecular formula is C16H18FNO3. The first-order valence-corrected chi connectivity index (χ1v) is 6.81. The predicted octanol–water partition coefficient (Wildman–Crippen LogP) is 2.94. The molecule has 5 heteroatoms. The number of carbonyl (C=O) groups is 2. The van der Waals surface area contributed by atoms with Crippen LogP contribution in [0.2, 0.25) is 0 Å². The van der Waals surface area contributed by atoms with Crippen molar-refractivity contribution in [2.24, 2.45) is 5.41 Å². The molecule has 0 spiro atoms. The van der Waals surface area contributed by atoms with Gasteiger partial charge in [-0.15, -0.1) is 0 Å². The summed E-state index contributed by atoms with van der Waals surface area (Å²) in [7, 11) is 0. The highest BCUT2D eigenvalue weighted by Crippen LogP contribution is 2.23. The van der Waals surface area contributed by atoms with Crippen LogP contribution in [0.5, 0.6) is 0 Å². The minimum absolute atomic E-state index is 0.00122. The zero-order valence-corrected chi connectivity index (χ0v) is 12.4. The normalized spacial score (nSPS) is 11.6. The van der Waals surface area contributed by atoms with Crippen molar-refractivity contribution in [2.45, 2.75) is 27.3 Å². The number of halogens is 1. The van der Waals surface area contributed by atoms with Gasteiger partial charge in [0.1, 0.15) is 11.2 Å². The Kier molecular flexibility index (Phi) is 4.11. The number of hydrogen-bond donors (Lipinski definition) is 0. The molecule has 0 saturated carbocycles. The van der Waals surface area contributed by atoms with Gasteiger partial charge in [-0.05, 0) is 50.4 Å². The van der Waals surface area contributed by atoms with Crippen LogP contribution in [0, 0.1) is 11.2 Å². The molecule has 112 valence electrons. The number of hydrogen-bond acceptors (Lipinski definition) is 3. The van der Waals surface area contributed by atoms with Gasteiger partial charge in [-0.25, -0.2) is 4.39 Å². The lowest BCUT2D eigenvalue weighted by Gasteiger charge is -2.21. The zero-order chi connectivity index (χ0) is 15.6. The third kappa shape index (κ3) is 2.96. The number of ether oxygens (including phenoxy) is 1. The number of fused-ring (bicyclic) bond motifs is 1. The number of aromatic nitrogens is 1. The van der Waals surface area contributed by atoms with E-state index in [1.165, 1.54) is 12.1 Å². The van der Waals surface area contributed by atoms with Crippen LogP contribution in [0.25, 0.3) is 10.9 Å². The van der Waals surface area contributed by atoms with Crippen molar-refractivity contribution in [3.63, 3.8) is 0 Å². The third-order valence-corrected chi connectivity index (χ3v) is 3.53. The van der Waals surface area contributed by atoms with Crippen molar-refractivity contribution < 1.29 is 18.7 Å². The second-order valence-electron chi connectivity index (χ2n) is 5.42. The fourth-order valence-electron chi connectivity index (χ4n) is 2.07. The molecule has 21 heavy (non-hydrogen) atoms. The first-order valence-electron chi connectivity index (χ1n) is 6.81. The SMILES string of the molecule is CCOC(=O)C(C)(C)C(=O)Cn1ccc2ccc(F)cc21. The van der Waals surface area contributed by atoms with Gasteiger partial charge in [0.2, 0.25) is 0 Å². The predicted molar refractivity (Wildman–Crippen MR) is 77.3 cm³/mol. The highest BCUT2D eigenvalue weighted by molar-refractivity contribution is 6.03. The maximum Gasteiger partial charge on any atom is 0.319 e. The maximum absolute atomic E-state index is 13.3. The van der Waals surface area contributed by atoms with E-state index in [0.29, 0.717) is 5.52 Å². The van der Waals surface area contributed by atoms with Crippen LogP contribution in [0.1, 0.15) is 20.8 Å². The zero-order valence-electron chi connectivity index (χ0n) is 12.4. The molecule has 0 bridgehead atoms. The number of benzene rings is 1. The Morgan fingerprint density at radius 3 is 2.67 bits per heavy atom. The number of esters is 1. The van der Waals surface area contributed by atoms with Gasteiger partial charge in [-0.1, -0.05) is 0 Å². The summed E-state index contributed by atoms with van der Waals surface area (Å²) in [5, 5.41) is 0.846. The highest BCUT2D eigenvalue weighted by atomic mass is 19.1. The van der Waals surface area contributed by atoms with Crippen molar-refractivity contribution >= 4 is 22.7 Å². The summed E-state index contributed by atoms with van der Waals surface area (Å²) in [6, 6.07) is 6.21. The van der Waals surface area contributed by atoms with Crippen LogP contribution in [0.4, 0.5) is 4.39 Å². The molecule has 0 aliphatic carbocycles. The molecule has 1 heterocycles. The first-order chi connectivity index (χ1) is 9.86. The lowest BCUT2D eigenvalue weighted by Crippen LogP contribution is -2.37. The van der Waals surface area contributed by atoms with Crippen molar-refractivity contribution in [1.82, 2.24) is 4.57 Å². The molecule has 0 saturated heterocycles. The minimum atomic E-state index is -1.22. The van der Waals surface area contributed by atoms with Crippen LogP contribution >= 0.6 is 0 Å². The molecule has 4 nitrogen and oxygen atoms in total. The fourth-order valence-corrected chi connectivity index (χ4v) is 2.07. The van der Waals surface area contributed by atoms with Gasteiger partial charge in [-0.2, -0.15) is 0 Å².